The van der Waals surface area contributed by atoms with E-state index in [0.29, 0.717) is 34.6 Å². The van der Waals surface area contributed by atoms with Gasteiger partial charge in [-0.15, -0.1) is 0 Å². The summed E-state index contributed by atoms with van der Waals surface area (Å²) in [5, 5.41) is 3.87. The van der Waals surface area contributed by atoms with Gasteiger partial charge in [0.2, 0.25) is 5.95 Å². The Kier molecular flexibility index (Phi) is 5.58. The minimum Gasteiger partial charge on any atom is -0.352 e. The molecule has 3 rings (SSSR count). The Morgan fingerprint density at radius 3 is 2.83 bits per heavy atom. The average Bonchev–Trinajstić information content (AvgIpc) is 3.05. The minimum absolute atomic E-state index is 0.0693. The molecular weight excluding hydrogens is 415 g/mol. The molecule has 1 aliphatic heterocycles. The number of carbonyl (C=O) groups is 1. The van der Waals surface area contributed by atoms with E-state index < -0.39 is 0 Å². The quantitative estimate of drug-likeness (QED) is 0.788. The van der Waals surface area contributed by atoms with E-state index in [1.165, 1.54) is 0 Å². The van der Waals surface area contributed by atoms with Crippen molar-refractivity contribution in [2.24, 2.45) is 0 Å². The van der Waals surface area contributed by atoms with Gasteiger partial charge < -0.3 is 10.2 Å². The lowest BCUT2D eigenvalue weighted by atomic mass is 10.1. The summed E-state index contributed by atoms with van der Waals surface area (Å²) in [4.78, 5) is 23.0. The molecule has 1 aromatic heterocycles. The second kappa shape index (κ2) is 7.68. The van der Waals surface area contributed by atoms with Crippen molar-refractivity contribution in [2.45, 2.75) is 18.9 Å². The summed E-state index contributed by atoms with van der Waals surface area (Å²) in [7, 11) is 0. The summed E-state index contributed by atoms with van der Waals surface area (Å²) >= 11 is 15.5. The van der Waals surface area contributed by atoms with Gasteiger partial charge in [0.05, 0.1) is 20.1 Å². The number of carbonyl (C=O) groups excluding carboxylic acids is 1. The summed E-state index contributed by atoms with van der Waals surface area (Å²) in [5.41, 5.74) is 0.441. The van der Waals surface area contributed by atoms with Crippen LogP contribution >= 0.6 is 39.1 Å². The first kappa shape index (κ1) is 17.5. The number of anilines is 1. The molecule has 1 fully saturated rings. The summed E-state index contributed by atoms with van der Waals surface area (Å²) in [6.45, 7) is 1.29. The number of rotatable bonds is 4. The molecular formula is C16H15BrCl2N4O. The molecule has 0 bridgehead atoms. The molecule has 8 heteroatoms. The van der Waals surface area contributed by atoms with Crippen LogP contribution in [0.1, 0.15) is 23.2 Å². The van der Waals surface area contributed by atoms with Gasteiger partial charge in [0.15, 0.2) is 0 Å². The van der Waals surface area contributed by atoms with Gasteiger partial charge in [-0.3, -0.25) is 4.79 Å². The van der Waals surface area contributed by atoms with Crippen LogP contribution in [0.25, 0.3) is 0 Å². The van der Waals surface area contributed by atoms with Crippen molar-refractivity contribution in [3.8, 4) is 0 Å². The fourth-order valence-electron chi connectivity index (χ4n) is 2.75. The molecule has 1 atom stereocenters. The zero-order valence-electron chi connectivity index (χ0n) is 12.7. The number of nitrogens with zero attached hydrogens (tertiary/aromatic N) is 3. The number of nitrogens with one attached hydrogen (secondary N) is 1. The van der Waals surface area contributed by atoms with Crippen molar-refractivity contribution in [1.82, 2.24) is 14.9 Å². The third kappa shape index (κ3) is 3.82. The van der Waals surface area contributed by atoms with E-state index in [1.807, 2.05) is 4.90 Å². The van der Waals surface area contributed by atoms with Crippen molar-refractivity contribution in [1.29, 1.82) is 0 Å². The van der Waals surface area contributed by atoms with Crippen LogP contribution < -0.4 is 5.32 Å². The number of amides is 1. The first-order chi connectivity index (χ1) is 11.6. The Hall–Kier alpha value is -1.37. The van der Waals surface area contributed by atoms with Crippen molar-refractivity contribution >= 4 is 51.0 Å². The smallest absolute Gasteiger partial charge is 0.255 e. The fraction of sp³-hybridized carbons (Fsp3) is 0.312. The summed E-state index contributed by atoms with van der Waals surface area (Å²) in [6, 6.07) is 5.19. The van der Waals surface area contributed by atoms with Crippen LogP contribution in [0.2, 0.25) is 10.0 Å². The third-order valence-electron chi connectivity index (χ3n) is 3.94. The van der Waals surface area contributed by atoms with Crippen molar-refractivity contribution in [3.63, 3.8) is 0 Å². The fourth-order valence-corrected chi connectivity index (χ4v) is 3.34. The molecule has 0 unspecified atom stereocenters. The predicted octanol–water partition coefficient (Wildman–Crippen LogP) is 4.26. The Morgan fingerprint density at radius 2 is 2.08 bits per heavy atom. The van der Waals surface area contributed by atoms with Gasteiger partial charge in [0, 0.05) is 31.5 Å². The molecule has 0 radical (unpaired) electrons. The molecule has 2 aromatic rings. The number of likely N-dealkylation sites (tertiary alicyclic amines) is 1. The second-order valence-electron chi connectivity index (χ2n) is 5.50. The molecule has 24 heavy (non-hydrogen) atoms. The molecule has 0 saturated carbocycles. The summed E-state index contributed by atoms with van der Waals surface area (Å²) in [6.07, 6.45) is 5.24. The number of aromatic nitrogens is 2. The minimum atomic E-state index is -0.0940. The van der Waals surface area contributed by atoms with Gasteiger partial charge >= 0.3 is 0 Å². The van der Waals surface area contributed by atoms with E-state index in [2.05, 4.69) is 31.2 Å². The maximum Gasteiger partial charge on any atom is 0.255 e. The Morgan fingerprint density at radius 1 is 1.33 bits per heavy atom. The Labute approximate surface area is 158 Å². The van der Waals surface area contributed by atoms with Crippen molar-refractivity contribution in [3.05, 3.63) is 50.7 Å². The molecule has 0 spiro atoms. The van der Waals surface area contributed by atoms with Gasteiger partial charge in [0.1, 0.15) is 0 Å². The van der Waals surface area contributed by atoms with Crippen LogP contribution in [0.5, 0.6) is 0 Å². The number of benzene rings is 1. The Balaban J connectivity index is 1.69. The molecule has 0 aliphatic carbocycles. The maximum absolute atomic E-state index is 12.8. The van der Waals surface area contributed by atoms with Gasteiger partial charge in [-0.1, -0.05) is 29.3 Å². The first-order valence-electron chi connectivity index (χ1n) is 7.52. The molecule has 1 aromatic carbocycles. The van der Waals surface area contributed by atoms with E-state index in [-0.39, 0.29) is 11.9 Å². The average molecular weight is 430 g/mol. The molecule has 5 nitrogen and oxygen atoms in total. The van der Waals surface area contributed by atoms with Gasteiger partial charge in [-0.25, -0.2) is 9.97 Å². The van der Waals surface area contributed by atoms with Gasteiger partial charge in [-0.2, -0.15) is 0 Å². The van der Waals surface area contributed by atoms with Crippen LogP contribution in [0.15, 0.2) is 35.1 Å². The standard InChI is InChI=1S/C16H15BrCl2N4O/c17-10-7-20-16(21-8-10)22-9-11-3-2-6-23(11)15(24)12-4-1-5-13(18)14(12)19/h1,4-5,7-8,11H,2-3,6,9H2,(H,20,21,22)/t11-/m0/s1. The molecule has 1 saturated heterocycles. The zero-order valence-corrected chi connectivity index (χ0v) is 15.8. The molecule has 1 N–H and O–H groups in total. The lowest BCUT2D eigenvalue weighted by Crippen LogP contribution is -2.39. The van der Waals surface area contributed by atoms with Crippen LogP contribution in [-0.4, -0.2) is 39.9 Å². The highest BCUT2D eigenvalue weighted by Gasteiger charge is 2.30. The van der Waals surface area contributed by atoms with E-state index in [1.54, 1.807) is 30.6 Å². The molecule has 126 valence electrons. The third-order valence-corrected chi connectivity index (χ3v) is 5.16. The number of halogens is 3. The van der Waals surface area contributed by atoms with Crippen molar-refractivity contribution < 1.29 is 4.79 Å². The maximum atomic E-state index is 12.8. The summed E-state index contributed by atoms with van der Waals surface area (Å²) < 4.78 is 0.821. The van der Waals surface area contributed by atoms with E-state index >= 15 is 0 Å². The molecule has 2 heterocycles. The SMILES string of the molecule is O=C(c1cccc(Cl)c1Cl)N1CCC[C@H]1CNc1ncc(Br)cn1. The number of hydrogen-bond acceptors (Lipinski definition) is 4. The predicted molar refractivity (Wildman–Crippen MR) is 98.7 cm³/mol. The second-order valence-corrected chi connectivity index (χ2v) is 7.20. The lowest BCUT2D eigenvalue weighted by molar-refractivity contribution is 0.0744. The Bertz CT molecular complexity index is 741. The molecule has 1 amide bonds. The monoisotopic (exact) mass is 428 g/mol. The van der Waals surface area contributed by atoms with Crippen LogP contribution in [0.4, 0.5) is 5.95 Å². The largest absolute Gasteiger partial charge is 0.352 e. The normalized spacial score (nSPS) is 17.1. The number of hydrogen-bond donors (Lipinski definition) is 1. The first-order valence-corrected chi connectivity index (χ1v) is 9.07. The van der Waals surface area contributed by atoms with E-state index in [4.69, 9.17) is 23.2 Å². The highest BCUT2D eigenvalue weighted by molar-refractivity contribution is 9.10. The van der Waals surface area contributed by atoms with Crippen LogP contribution in [0, 0.1) is 0 Å². The highest BCUT2D eigenvalue weighted by atomic mass is 79.9. The van der Waals surface area contributed by atoms with Crippen LogP contribution in [-0.2, 0) is 0 Å². The highest BCUT2D eigenvalue weighted by Crippen LogP contribution is 2.29. The lowest BCUT2D eigenvalue weighted by Gasteiger charge is -2.25. The zero-order chi connectivity index (χ0) is 17.1. The van der Waals surface area contributed by atoms with Gasteiger partial charge in [0.25, 0.3) is 5.91 Å². The topological polar surface area (TPSA) is 58.1 Å². The van der Waals surface area contributed by atoms with E-state index in [9.17, 15) is 4.79 Å². The van der Waals surface area contributed by atoms with Gasteiger partial charge in [-0.05, 0) is 40.9 Å². The molecule has 1 aliphatic rings. The van der Waals surface area contributed by atoms with E-state index in [0.717, 1.165) is 17.3 Å². The van der Waals surface area contributed by atoms with Crippen LogP contribution in [0.3, 0.4) is 0 Å². The van der Waals surface area contributed by atoms with Crippen molar-refractivity contribution in [2.75, 3.05) is 18.4 Å². The summed E-state index contributed by atoms with van der Waals surface area (Å²) in [5.74, 6) is 0.446.